The number of pyridine rings is 1. The Bertz CT molecular complexity index is 478. The molecule has 1 aromatic heterocycles. The Labute approximate surface area is 108 Å². The second-order valence-corrected chi connectivity index (χ2v) is 5.20. The van der Waals surface area contributed by atoms with Gasteiger partial charge in [0.15, 0.2) is 0 Å². The Balaban J connectivity index is 2.70. The number of nitrogens with zero attached hydrogens (tertiary/aromatic N) is 1. The molecule has 0 saturated heterocycles. The molecule has 0 atom stereocenters. The monoisotopic (exact) mass is 245 g/mol. The van der Waals surface area contributed by atoms with Gasteiger partial charge in [0.2, 0.25) is 5.91 Å². The summed E-state index contributed by atoms with van der Waals surface area (Å²) in [6.07, 6.45) is 0.452. The van der Waals surface area contributed by atoms with E-state index in [1.54, 1.807) is 18.2 Å². The van der Waals surface area contributed by atoms with Crippen molar-refractivity contribution >= 4 is 11.7 Å². The normalized spacial score (nSPS) is 10.4. The SMILES string of the molecule is CC(C)(C)CC(=O)Nc1cccc(C#CCN)n1. The van der Waals surface area contributed by atoms with Crippen LogP contribution in [0.15, 0.2) is 18.2 Å². The first-order chi connectivity index (χ1) is 8.40. The number of anilines is 1. The van der Waals surface area contributed by atoms with E-state index in [4.69, 9.17) is 5.73 Å². The van der Waals surface area contributed by atoms with Crippen molar-refractivity contribution in [1.29, 1.82) is 0 Å². The van der Waals surface area contributed by atoms with Crippen molar-refractivity contribution in [3.8, 4) is 11.8 Å². The molecule has 1 heterocycles. The van der Waals surface area contributed by atoms with E-state index < -0.39 is 0 Å². The van der Waals surface area contributed by atoms with Crippen LogP contribution >= 0.6 is 0 Å². The second-order valence-electron chi connectivity index (χ2n) is 5.20. The minimum atomic E-state index is -0.0427. The Kier molecular flexibility index (Phi) is 4.87. The highest BCUT2D eigenvalue weighted by Gasteiger charge is 2.16. The van der Waals surface area contributed by atoms with Crippen LogP contribution in [0.5, 0.6) is 0 Å². The molecule has 0 aromatic carbocycles. The van der Waals surface area contributed by atoms with Gasteiger partial charge < -0.3 is 11.1 Å². The minimum Gasteiger partial charge on any atom is -0.320 e. The van der Waals surface area contributed by atoms with Crippen LogP contribution in [0.2, 0.25) is 0 Å². The molecular weight excluding hydrogens is 226 g/mol. The Hall–Kier alpha value is -1.86. The van der Waals surface area contributed by atoms with Gasteiger partial charge >= 0.3 is 0 Å². The first-order valence-electron chi connectivity index (χ1n) is 5.86. The van der Waals surface area contributed by atoms with Crippen LogP contribution in [-0.2, 0) is 4.79 Å². The molecule has 1 aromatic rings. The van der Waals surface area contributed by atoms with E-state index in [9.17, 15) is 4.79 Å². The molecule has 0 aliphatic carbocycles. The Morgan fingerprint density at radius 2 is 2.17 bits per heavy atom. The van der Waals surface area contributed by atoms with Crippen LogP contribution in [0.1, 0.15) is 32.9 Å². The molecule has 4 heteroatoms. The maximum Gasteiger partial charge on any atom is 0.226 e. The van der Waals surface area contributed by atoms with Gasteiger partial charge in [0.05, 0.1) is 6.54 Å². The lowest BCUT2D eigenvalue weighted by molar-refractivity contribution is -0.117. The van der Waals surface area contributed by atoms with Gasteiger partial charge in [-0.15, -0.1) is 0 Å². The second kappa shape index (κ2) is 6.18. The van der Waals surface area contributed by atoms with E-state index in [2.05, 4.69) is 22.1 Å². The summed E-state index contributed by atoms with van der Waals surface area (Å²) in [6.45, 7) is 6.34. The van der Waals surface area contributed by atoms with Crippen molar-refractivity contribution in [3.63, 3.8) is 0 Å². The summed E-state index contributed by atoms with van der Waals surface area (Å²) in [4.78, 5) is 16.0. The third kappa shape index (κ3) is 5.46. The fraction of sp³-hybridized carbons (Fsp3) is 0.429. The Morgan fingerprint density at radius 3 is 2.78 bits per heavy atom. The predicted molar refractivity (Wildman–Crippen MR) is 72.9 cm³/mol. The smallest absolute Gasteiger partial charge is 0.226 e. The van der Waals surface area contributed by atoms with Crippen molar-refractivity contribution in [2.45, 2.75) is 27.2 Å². The van der Waals surface area contributed by atoms with Gasteiger partial charge in [-0.2, -0.15) is 0 Å². The molecule has 1 rings (SSSR count). The number of amides is 1. The standard InChI is InChI=1S/C14H19N3O/c1-14(2,3)10-13(18)17-12-8-4-6-11(16-12)7-5-9-15/h4,6,8H,9-10,15H2,1-3H3,(H,16,17,18). The zero-order valence-electron chi connectivity index (χ0n) is 11.1. The lowest BCUT2D eigenvalue weighted by Gasteiger charge is -2.16. The highest BCUT2D eigenvalue weighted by Crippen LogP contribution is 2.19. The van der Waals surface area contributed by atoms with E-state index in [0.717, 1.165) is 0 Å². The molecule has 3 N–H and O–H groups in total. The first-order valence-corrected chi connectivity index (χ1v) is 5.86. The fourth-order valence-corrected chi connectivity index (χ4v) is 1.38. The summed E-state index contributed by atoms with van der Waals surface area (Å²) in [5, 5.41) is 2.77. The van der Waals surface area contributed by atoms with Crippen LogP contribution < -0.4 is 11.1 Å². The summed E-state index contributed by atoms with van der Waals surface area (Å²) in [5.41, 5.74) is 5.86. The number of rotatable bonds is 2. The molecule has 4 nitrogen and oxygen atoms in total. The molecule has 0 aliphatic heterocycles. The van der Waals surface area contributed by atoms with Crippen molar-refractivity contribution in [1.82, 2.24) is 4.98 Å². The number of hydrogen-bond acceptors (Lipinski definition) is 3. The van der Waals surface area contributed by atoms with Crippen molar-refractivity contribution in [3.05, 3.63) is 23.9 Å². The molecule has 0 unspecified atom stereocenters. The van der Waals surface area contributed by atoms with Crippen LogP contribution in [-0.4, -0.2) is 17.4 Å². The minimum absolute atomic E-state index is 0.0406. The van der Waals surface area contributed by atoms with Crippen LogP contribution in [0, 0.1) is 17.3 Å². The van der Waals surface area contributed by atoms with Gasteiger partial charge in [-0.25, -0.2) is 4.98 Å². The predicted octanol–water partition coefficient (Wildman–Crippen LogP) is 1.77. The van der Waals surface area contributed by atoms with Gasteiger partial charge in [0.1, 0.15) is 11.5 Å². The molecule has 0 fully saturated rings. The van der Waals surface area contributed by atoms with Crippen LogP contribution in [0.3, 0.4) is 0 Å². The maximum atomic E-state index is 11.7. The number of nitrogens with one attached hydrogen (secondary N) is 1. The van der Waals surface area contributed by atoms with Crippen molar-refractivity contribution in [2.75, 3.05) is 11.9 Å². The first kappa shape index (κ1) is 14.2. The zero-order chi connectivity index (χ0) is 13.6. The van der Waals surface area contributed by atoms with E-state index in [1.165, 1.54) is 0 Å². The third-order valence-electron chi connectivity index (χ3n) is 2.03. The van der Waals surface area contributed by atoms with Crippen molar-refractivity contribution < 1.29 is 4.79 Å². The van der Waals surface area contributed by atoms with Gasteiger partial charge in [0.25, 0.3) is 0 Å². The number of carbonyl (C=O) groups excluding carboxylic acids is 1. The summed E-state index contributed by atoms with van der Waals surface area (Å²) in [7, 11) is 0. The number of aromatic nitrogens is 1. The van der Waals surface area contributed by atoms with E-state index in [1.807, 2.05) is 20.8 Å². The lowest BCUT2D eigenvalue weighted by Crippen LogP contribution is -2.20. The van der Waals surface area contributed by atoms with E-state index in [-0.39, 0.29) is 11.3 Å². The lowest BCUT2D eigenvalue weighted by atomic mass is 9.92. The van der Waals surface area contributed by atoms with Crippen molar-refractivity contribution in [2.24, 2.45) is 11.1 Å². The maximum absolute atomic E-state index is 11.7. The van der Waals surface area contributed by atoms with E-state index in [0.29, 0.717) is 24.5 Å². The molecular formula is C14H19N3O. The van der Waals surface area contributed by atoms with E-state index >= 15 is 0 Å². The quantitative estimate of drug-likeness (QED) is 0.780. The highest BCUT2D eigenvalue weighted by molar-refractivity contribution is 5.90. The fourth-order valence-electron chi connectivity index (χ4n) is 1.38. The van der Waals surface area contributed by atoms with Crippen LogP contribution in [0.4, 0.5) is 5.82 Å². The summed E-state index contributed by atoms with van der Waals surface area (Å²) < 4.78 is 0. The van der Waals surface area contributed by atoms with Gasteiger partial charge in [-0.05, 0) is 23.5 Å². The van der Waals surface area contributed by atoms with Gasteiger partial charge in [0, 0.05) is 6.42 Å². The molecule has 18 heavy (non-hydrogen) atoms. The highest BCUT2D eigenvalue weighted by atomic mass is 16.1. The average Bonchev–Trinajstić information content (AvgIpc) is 2.24. The molecule has 0 spiro atoms. The molecule has 0 saturated carbocycles. The number of hydrogen-bond donors (Lipinski definition) is 2. The molecule has 96 valence electrons. The summed E-state index contributed by atoms with van der Waals surface area (Å²) >= 11 is 0. The number of carbonyl (C=O) groups is 1. The molecule has 0 radical (unpaired) electrons. The topological polar surface area (TPSA) is 68.0 Å². The largest absolute Gasteiger partial charge is 0.320 e. The summed E-state index contributed by atoms with van der Waals surface area (Å²) in [6, 6.07) is 5.33. The zero-order valence-corrected chi connectivity index (χ0v) is 11.1. The summed E-state index contributed by atoms with van der Waals surface area (Å²) in [5.74, 6) is 6.03. The molecule has 1 amide bonds. The van der Waals surface area contributed by atoms with Gasteiger partial charge in [-0.3, -0.25) is 4.79 Å². The Morgan fingerprint density at radius 1 is 1.44 bits per heavy atom. The molecule has 0 aliphatic rings. The third-order valence-corrected chi connectivity index (χ3v) is 2.03. The van der Waals surface area contributed by atoms with Crippen LogP contribution in [0.25, 0.3) is 0 Å². The average molecular weight is 245 g/mol. The van der Waals surface area contributed by atoms with Gasteiger partial charge in [-0.1, -0.05) is 32.8 Å². The number of nitrogens with two attached hydrogens (primary N) is 1. The molecule has 0 bridgehead atoms.